The molecule has 13 heavy (non-hydrogen) atoms. The summed E-state index contributed by atoms with van der Waals surface area (Å²) >= 11 is 1.77. The first kappa shape index (κ1) is 10.7. The second-order valence-corrected chi connectivity index (χ2v) is 4.36. The minimum absolute atomic E-state index is 0.560. The molecule has 1 heterocycles. The molecule has 0 aliphatic rings. The van der Waals surface area contributed by atoms with Crippen molar-refractivity contribution in [2.45, 2.75) is 12.5 Å². The second-order valence-electron chi connectivity index (χ2n) is 3.58. The minimum Gasteiger partial charge on any atom is -0.315 e. The first-order valence-corrected chi connectivity index (χ1v) is 5.49. The van der Waals surface area contributed by atoms with Gasteiger partial charge in [-0.25, -0.2) is 0 Å². The van der Waals surface area contributed by atoms with Gasteiger partial charge in [-0.15, -0.1) is 0 Å². The van der Waals surface area contributed by atoms with E-state index in [2.05, 4.69) is 41.1 Å². The van der Waals surface area contributed by atoms with Crippen LogP contribution in [0.4, 0.5) is 0 Å². The highest BCUT2D eigenvalue weighted by molar-refractivity contribution is 7.07. The SMILES string of the molecule is CNC(Cc1ccsc1)CN(C)C. The van der Waals surface area contributed by atoms with Crippen LogP contribution >= 0.6 is 11.3 Å². The number of rotatable bonds is 5. The van der Waals surface area contributed by atoms with Crippen LogP contribution in [0.2, 0.25) is 0 Å². The van der Waals surface area contributed by atoms with Crippen LogP contribution in [0.3, 0.4) is 0 Å². The molecule has 1 unspecified atom stereocenters. The van der Waals surface area contributed by atoms with Gasteiger partial charge in [-0.2, -0.15) is 11.3 Å². The Hall–Kier alpha value is -0.380. The zero-order valence-corrected chi connectivity index (χ0v) is 9.40. The fraction of sp³-hybridized carbons (Fsp3) is 0.600. The summed E-state index contributed by atoms with van der Waals surface area (Å²) < 4.78 is 0. The summed E-state index contributed by atoms with van der Waals surface area (Å²) in [6, 6.07) is 2.76. The smallest absolute Gasteiger partial charge is 0.0232 e. The van der Waals surface area contributed by atoms with Gasteiger partial charge in [0.1, 0.15) is 0 Å². The molecule has 1 N–H and O–H groups in total. The third-order valence-corrected chi connectivity index (χ3v) is 2.79. The average Bonchev–Trinajstić information content (AvgIpc) is 2.55. The van der Waals surface area contributed by atoms with E-state index < -0.39 is 0 Å². The Morgan fingerprint density at radius 2 is 2.31 bits per heavy atom. The Morgan fingerprint density at radius 1 is 1.54 bits per heavy atom. The van der Waals surface area contributed by atoms with Crippen molar-refractivity contribution in [2.75, 3.05) is 27.7 Å². The maximum Gasteiger partial charge on any atom is 0.0232 e. The Balaban J connectivity index is 2.40. The summed E-state index contributed by atoms with van der Waals surface area (Å²) in [7, 11) is 6.25. The summed E-state index contributed by atoms with van der Waals surface area (Å²) in [5.41, 5.74) is 1.44. The van der Waals surface area contributed by atoms with E-state index in [1.54, 1.807) is 11.3 Å². The topological polar surface area (TPSA) is 15.3 Å². The number of hydrogen-bond acceptors (Lipinski definition) is 3. The highest BCUT2D eigenvalue weighted by atomic mass is 32.1. The van der Waals surface area contributed by atoms with Gasteiger partial charge in [0.15, 0.2) is 0 Å². The lowest BCUT2D eigenvalue weighted by atomic mass is 10.1. The lowest BCUT2D eigenvalue weighted by molar-refractivity contribution is 0.347. The van der Waals surface area contributed by atoms with Crippen molar-refractivity contribution in [3.63, 3.8) is 0 Å². The lowest BCUT2D eigenvalue weighted by Crippen LogP contribution is -2.37. The van der Waals surface area contributed by atoms with Gasteiger partial charge < -0.3 is 10.2 Å². The third-order valence-electron chi connectivity index (χ3n) is 2.06. The summed E-state index contributed by atoms with van der Waals surface area (Å²) in [6.45, 7) is 1.09. The normalized spacial score (nSPS) is 13.5. The standard InChI is InChI=1S/C10H18N2S/c1-11-10(7-12(2)3)6-9-4-5-13-8-9/h4-5,8,10-11H,6-7H2,1-3H3. The number of likely N-dealkylation sites (N-methyl/N-ethyl adjacent to an activating group) is 2. The number of nitrogens with zero attached hydrogens (tertiary/aromatic N) is 1. The van der Waals surface area contributed by atoms with E-state index in [1.807, 2.05) is 7.05 Å². The Kier molecular flexibility index (Phi) is 4.42. The molecule has 0 spiro atoms. The lowest BCUT2D eigenvalue weighted by Gasteiger charge is -2.19. The van der Waals surface area contributed by atoms with Gasteiger partial charge in [0.05, 0.1) is 0 Å². The van der Waals surface area contributed by atoms with Crippen molar-refractivity contribution in [3.05, 3.63) is 22.4 Å². The molecular weight excluding hydrogens is 180 g/mol. The van der Waals surface area contributed by atoms with Crippen LogP contribution in [-0.4, -0.2) is 38.6 Å². The van der Waals surface area contributed by atoms with Crippen molar-refractivity contribution in [2.24, 2.45) is 0 Å². The van der Waals surface area contributed by atoms with Gasteiger partial charge in [0, 0.05) is 12.6 Å². The minimum atomic E-state index is 0.560. The molecule has 0 saturated carbocycles. The molecule has 0 aromatic carbocycles. The zero-order chi connectivity index (χ0) is 9.68. The molecule has 0 saturated heterocycles. The summed E-state index contributed by atoms with van der Waals surface area (Å²) in [5, 5.41) is 7.69. The van der Waals surface area contributed by atoms with Crippen molar-refractivity contribution in [1.29, 1.82) is 0 Å². The number of thiophene rings is 1. The third kappa shape index (κ3) is 3.89. The molecule has 0 amide bonds. The van der Waals surface area contributed by atoms with Crippen molar-refractivity contribution < 1.29 is 0 Å². The first-order chi connectivity index (χ1) is 6.22. The van der Waals surface area contributed by atoms with E-state index in [9.17, 15) is 0 Å². The molecule has 0 radical (unpaired) electrons. The van der Waals surface area contributed by atoms with E-state index in [1.165, 1.54) is 5.56 Å². The molecule has 1 aromatic rings. The van der Waals surface area contributed by atoms with E-state index in [0.29, 0.717) is 6.04 Å². The summed E-state index contributed by atoms with van der Waals surface area (Å²) in [6.07, 6.45) is 1.12. The molecular formula is C10H18N2S. The van der Waals surface area contributed by atoms with Crippen LogP contribution in [0.25, 0.3) is 0 Å². The van der Waals surface area contributed by atoms with Crippen LogP contribution in [-0.2, 0) is 6.42 Å². The van der Waals surface area contributed by atoms with E-state index in [-0.39, 0.29) is 0 Å². The molecule has 1 atom stereocenters. The van der Waals surface area contributed by atoms with Crippen LogP contribution in [0.5, 0.6) is 0 Å². The first-order valence-electron chi connectivity index (χ1n) is 4.55. The molecule has 1 aromatic heterocycles. The van der Waals surface area contributed by atoms with Crippen molar-refractivity contribution in [3.8, 4) is 0 Å². The van der Waals surface area contributed by atoms with Crippen molar-refractivity contribution in [1.82, 2.24) is 10.2 Å². The molecule has 1 rings (SSSR count). The average molecular weight is 198 g/mol. The Labute approximate surface area is 84.6 Å². The quantitative estimate of drug-likeness (QED) is 0.770. The van der Waals surface area contributed by atoms with Gasteiger partial charge in [-0.05, 0) is 50.0 Å². The molecule has 0 fully saturated rings. The summed E-state index contributed by atoms with van der Waals surface area (Å²) in [5.74, 6) is 0. The fourth-order valence-corrected chi connectivity index (χ4v) is 2.07. The van der Waals surface area contributed by atoms with Gasteiger partial charge in [-0.3, -0.25) is 0 Å². The maximum absolute atomic E-state index is 3.33. The second kappa shape index (κ2) is 5.37. The van der Waals surface area contributed by atoms with E-state index >= 15 is 0 Å². The number of nitrogens with one attached hydrogen (secondary N) is 1. The van der Waals surface area contributed by atoms with Gasteiger partial charge in [-0.1, -0.05) is 0 Å². The monoisotopic (exact) mass is 198 g/mol. The molecule has 74 valence electrons. The largest absolute Gasteiger partial charge is 0.315 e. The predicted octanol–water partition coefficient (Wildman–Crippen LogP) is 1.44. The highest BCUT2D eigenvalue weighted by Gasteiger charge is 2.07. The Morgan fingerprint density at radius 3 is 2.77 bits per heavy atom. The van der Waals surface area contributed by atoms with Gasteiger partial charge in [0.2, 0.25) is 0 Å². The van der Waals surface area contributed by atoms with Crippen LogP contribution in [0.15, 0.2) is 16.8 Å². The molecule has 0 bridgehead atoms. The van der Waals surface area contributed by atoms with E-state index in [0.717, 1.165) is 13.0 Å². The van der Waals surface area contributed by atoms with Gasteiger partial charge in [0.25, 0.3) is 0 Å². The molecule has 0 aliphatic heterocycles. The molecule has 0 aliphatic carbocycles. The van der Waals surface area contributed by atoms with Gasteiger partial charge >= 0.3 is 0 Å². The molecule has 2 nitrogen and oxygen atoms in total. The van der Waals surface area contributed by atoms with Crippen LogP contribution in [0.1, 0.15) is 5.56 Å². The zero-order valence-electron chi connectivity index (χ0n) is 8.58. The Bertz CT molecular complexity index is 219. The maximum atomic E-state index is 3.33. The highest BCUT2D eigenvalue weighted by Crippen LogP contribution is 2.08. The van der Waals surface area contributed by atoms with Crippen LogP contribution in [0, 0.1) is 0 Å². The van der Waals surface area contributed by atoms with E-state index in [4.69, 9.17) is 0 Å². The summed E-state index contributed by atoms with van der Waals surface area (Å²) in [4.78, 5) is 2.22. The predicted molar refractivity (Wildman–Crippen MR) is 59.4 cm³/mol. The van der Waals surface area contributed by atoms with Crippen molar-refractivity contribution >= 4 is 11.3 Å². The number of hydrogen-bond donors (Lipinski definition) is 1. The molecule has 3 heteroatoms. The fourth-order valence-electron chi connectivity index (χ4n) is 1.39. The van der Waals surface area contributed by atoms with Crippen LogP contribution < -0.4 is 5.32 Å².